The molecular formula is C33H32N2O5S. The van der Waals surface area contributed by atoms with Crippen molar-refractivity contribution in [3.05, 3.63) is 131 Å². The minimum atomic E-state index is -3.92. The van der Waals surface area contributed by atoms with Crippen LogP contribution in [0.3, 0.4) is 0 Å². The van der Waals surface area contributed by atoms with Gasteiger partial charge in [0.2, 0.25) is 0 Å². The van der Waals surface area contributed by atoms with E-state index in [1.165, 1.54) is 28.6 Å². The molecule has 5 rings (SSSR count). The number of nitrogens with zero attached hydrogens (tertiary/aromatic N) is 2. The summed E-state index contributed by atoms with van der Waals surface area (Å²) in [5.41, 5.74) is 3.75. The molecule has 4 aromatic carbocycles. The van der Waals surface area contributed by atoms with E-state index < -0.39 is 22.6 Å². The van der Waals surface area contributed by atoms with E-state index in [2.05, 4.69) is 0 Å². The first-order valence-electron chi connectivity index (χ1n) is 13.6. The number of para-hydroxylation sites is 1. The molecule has 0 unspecified atom stereocenters. The number of carbonyl (C=O) groups excluding carboxylic acids is 2. The van der Waals surface area contributed by atoms with E-state index in [1.54, 1.807) is 11.0 Å². The number of hydrogen-bond donors (Lipinski definition) is 0. The van der Waals surface area contributed by atoms with Gasteiger partial charge in [-0.05, 0) is 60.7 Å². The summed E-state index contributed by atoms with van der Waals surface area (Å²) >= 11 is 0. The van der Waals surface area contributed by atoms with E-state index in [1.807, 2.05) is 85.8 Å². The van der Waals surface area contributed by atoms with Gasteiger partial charge in [-0.3, -0.25) is 9.10 Å². The van der Waals surface area contributed by atoms with Crippen LogP contribution in [0.15, 0.2) is 114 Å². The summed E-state index contributed by atoms with van der Waals surface area (Å²) in [6.45, 7) is 2.25. The molecule has 210 valence electrons. The van der Waals surface area contributed by atoms with Crippen molar-refractivity contribution in [2.75, 3.05) is 17.5 Å². The first kappa shape index (κ1) is 28.1. The van der Waals surface area contributed by atoms with Crippen LogP contribution in [-0.2, 0) is 38.9 Å². The molecule has 41 heavy (non-hydrogen) atoms. The molecule has 1 atom stereocenters. The highest BCUT2D eigenvalue weighted by molar-refractivity contribution is 7.92. The molecule has 0 fully saturated rings. The predicted octanol–water partition coefficient (Wildman–Crippen LogP) is 5.25. The van der Waals surface area contributed by atoms with Gasteiger partial charge in [0.1, 0.15) is 0 Å². The fourth-order valence-corrected chi connectivity index (χ4v) is 6.85. The summed E-state index contributed by atoms with van der Waals surface area (Å²) in [7, 11) is -3.92. The third-order valence-electron chi connectivity index (χ3n) is 7.18. The van der Waals surface area contributed by atoms with Gasteiger partial charge in [-0.25, -0.2) is 13.2 Å². The van der Waals surface area contributed by atoms with E-state index in [9.17, 15) is 18.0 Å². The number of esters is 1. The fourth-order valence-electron chi connectivity index (χ4n) is 5.11. The van der Waals surface area contributed by atoms with Crippen molar-refractivity contribution in [3.8, 4) is 0 Å². The van der Waals surface area contributed by atoms with Crippen molar-refractivity contribution in [2.45, 2.75) is 37.2 Å². The van der Waals surface area contributed by atoms with Crippen molar-refractivity contribution in [3.63, 3.8) is 0 Å². The van der Waals surface area contributed by atoms with E-state index in [4.69, 9.17) is 4.74 Å². The average Bonchev–Trinajstić information content (AvgIpc) is 3.35. The monoisotopic (exact) mass is 568 g/mol. The van der Waals surface area contributed by atoms with Crippen LogP contribution in [0.4, 0.5) is 5.69 Å². The third kappa shape index (κ3) is 6.49. The smallest absolute Gasteiger partial charge is 0.338 e. The number of rotatable bonds is 10. The largest absolute Gasteiger partial charge is 0.452 e. The summed E-state index contributed by atoms with van der Waals surface area (Å²) in [5, 5.41) is 0. The van der Waals surface area contributed by atoms with E-state index in [-0.39, 0.29) is 22.4 Å². The average molecular weight is 569 g/mol. The SMILES string of the molecule is C[C@H]1Cc2ccccc2N1S(=O)(=O)c1cccc(C(=O)OCC(=O)N(CCc2ccccc2)Cc2ccccc2)c1. The van der Waals surface area contributed by atoms with Gasteiger partial charge in [0.15, 0.2) is 6.61 Å². The van der Waals surface area contributed by atoms with Crippen LogP contribution < -0.4 is 4.31 Å². The standard InChI is InChI=1S/C33H32N2O5S/c1-25-21-28-15-8-9-18-31(28)35(25)41(38,39)30-17-10-16-29(22-30)33(37)40-24-32(36)34(23-27-13-6-3-7-14-27)20-19-26-11-4-2-5-12-26/h2-18,22,25H,19-21,23-24H2,1H3/t25-/m0/s1. The molecule has 1 aliphatic rings. The fraction of sp³-hybridized carbons (Fsp3) is 0.212. The quantitative estimate of drug-likeness (QED) is 0.244. The van der Waals surface area contributed by atoms with Crippen LogP contribution in [-0.4, -0.2) is 44.4 Å². The molecule has 8 heteroatoms. The normalized spacial score (nSPS) is 14.4. The zero-order valence-electron chi connectivity index (χ0n) is 22.8. The molecule has 4 aromatic rings. The number of hydrogen-bond acceptors (Lipinski definition) is 5. The van der Waals surface area contributed by atoms with Gasteiger partial charge in [0.05, 0.1) is 16.1 Å². The number of ether oxygens (including phenoxy) is 1. The molecule has 0 aromatic heterocycles. The zero-order valence-corrected chi connectivity index (χ0v) is 23.7. The number of anilines is 1. The Morgan fingerprint density at radius 2 is 1.51 bits per heavy atom. The lowest BCUT2D eigenvalue weighted by Crippen LogP contribution is -2.36. The number of sulfonamides is 1. The van der Waals surface area contributed by atoms with Crippen LogP contribution >= 0.6 is 0 Å². The van der Waals surface area contributed by atoms with Gasteiger partial charge >= 0.3 is 5.97 Å². The van der Waals surface area contributed by atoms with Crippen molar-refractivity contribution in [2.24, 2.45) is 0 Å². The Bertz CT molecular complexity index is 1620. The topological polar surface area (TPSA) is 84.0 Å². The second-order valence-electron chi connectivity index (χ2n) is 10.1. The maximum Gasteiger partial charge on any atom is 0.338 e. The summed E-state index contributed by atoms with van der Waals surface area (Å²) in [6, 6.07) is 32.5. The van der Waals surface area contributed by atoms with Gasteiger partial charge in [-0.15, -0.1) is 0 Å². The predicted molar refractivity (Wildman–Crippen MR) is 158 cm³/mol. The Kier molecular flexibility index (Phi) is 8.50. The molecule has 0 saturated carbocycles. The summed E-state index contributed by atoms with van der Waals surface area (Å²) < 4.78 is 34.0. The second kappa shape index (κ2) is 12.4. The van der Waals surface area contributed by atoms with Crippen LogP contribution in [0.2, 0.25) is 0 Å². The lowest BCUT2D eigenvalue weighted by atomic mass is 10.1. The molecule has 0 spiro atoms. The highest BCUT2D eigenvalue weighted by atomic mass is 32.2. The molecule has 0 aliphatic carbocycles. The van der Waals surface area contributed by atoms with Gasteiger partial charge in [-0.1, -0.05) is 84.9 Å². The van der Waals surface area contributed by atoms with Crippen molar-refractivity contribution < 1.29 is 22.7 Å². The first-order chi connectivity index (χ1) is 19.8. The Balaban J connectivity index is 1.28. The molecule has 7 nitrogen and oxygen atoms in total. The van der Waals surface area contributed by atoms with Crippen molar-refractivity contribution in [1.29, 1.82) is 0 Å². The minimum Gasteiger partial charge on any atom is -0.452 e. The Hall–Kier alpha value is -4.43. The van der Waals surface area contributed by atoms with Crippen molar-refractivity contribution in [1.82, 2.24) is 4.90 Å². The number of amides is 1. The second-order valence-corrected chi connectivity index (χ2v) is 11.9. The summed E-state index contributed by atoms with van der Waals surface area (Å²) in [4.78, 5) is 27.8. The highest BCUT2D eigenvalue weighted by Crippen LogP contribution is 2.36. The molecular weight excluding hydrogens is 536 g/mol. The molecule has 1 amide bonds. The molecule has 0 bridgehead atoms. The maximum atomic E-state index is 13.6. The first-order valence-corrected chi connectivity index (χ1v) is 15.0. The summed E-state index contributed by atoms with van der Waals surface area (Å²) in [5.74, 6) is -1.09. The van der Waals surface area contributed by atoms with Crippen LogP contribution in [0.1, 0.15) is 34.0 Å². The molecule has 0 saturated heterocycles. The lowest BCUT2D eigenvalue weighted by Gasteiger charge is -2.24. The third-order valence-corrected chi connectivity index (χ3v) is 9.10. The minimum absolute atomic E-state index is 0.00426. The van der Waals surface area contributed by atoms with Gasteiger partial charge < -0.3 is 9.64 Å². The summed E-state index contributed by atoms with van der Waals surface area (Å²) in [6.07, 6.45) is 1.27. The Morgan fingerprint density at radius 1 is 0.854 bits per heavy atom. The van der Waals surface area contributed by atoms with Gasteiger partial charge in [0, 0.05) is 19.1 Å². The zero-order chi connectivity index (χ0) is 28.8. The van der Waals surface area contributed by atoms with E-state index in [0.29, 0.717) is 31.6 Å². The molecule has 0 N–H and O–H groups in total. The molecule has 0 radical (unpaired) electrons. The van der Waals surface area contributed by atoms with Crippen LogP contribution in [0, 0.1) is 0 Å². The lowest BCUT2D eigenvalue weighted by molar-refractivity contribution is -0.135. The number of benzene rings is 4. The number of fused-ring (bicyclic) bond motifs is 1. The van der Waals surface area contributed by atoms with Gasteiger partial charge in [0.25, 0.3) is 15.9 Å². The molecule has 1 aliphatic heterocycles. The highest BCUT2D eigenvalue weighted by Gasteiger charge is 2.36. The molecule has 1 heterocycles. The van der Waals surface area contributed by atoms with E-state index >= 15 is 0 Å². The van der Waals surface area contributed by atoms with E-state index in [0.717, 1.165) is 16.7 Å². The van der Waals surface area contributed by atoms with Gasteiger partial charge in [-0.2, -0.15) is 0 Å². The Labute approximate surface area is 241 Å². The van der Waals surface area contributed by atoms with Crippen molar-refractivity contribution >= 4 is 27.6 Å². The Morgan fingerprint density at radius 3 is 2.24 bits per heavy atom. The maximum absolute atomic E-state index is 13.6. The van der Waals surface area contributed by atoms with Crippen LogP contribution in [0.5, 0.6) is 0 Å². The van der Waals surface area contributed by atoms with Crippen LogP contribution in [0.25, 0.3) is 0 Å². The number of carbonyl (C=O) groups is 2.